The standard InChI is InChI=1S/C15H21ClN2O3/c16-12-2-1-3-13(10-12)18-15(20)17-7-4-14(19)11-5-8-21-9-6-11/h1-3,10-11,14,19H,4-9H2,(H2,17,18,20)/t14-/m0/s1. The molecule has 0 aliphatic carbocycles. The highest BCUT2D eigenvalue weighted by molar-refractivity contribution is 6.30. The highest BCUT2D eigenvalue weighted by atomic mass is 35.5. The topological polar surface area (TPSA) is 70.6 Å². The van der Waals surface area contributed by atoms with Crippen LogP contribution in [0.3, 0.4) is 0 Å². The smallest absolute Gasteiger partial charge is 0.319 e. The lowest BCUT2D eigenvalue weighted by molar-refractivity contribution is 0.00549. The first kappa shape index (κ1) is 16.1. The van der Waals surface area contributed by atoms with Crippen molar-refractivity contribution in [3.8, 4) is 0 Å². The fraction of sp³-hybridized carbons (Fsp3) is 0.533. The van der Waals surface area contributed by atoms with Gasteiger partial charge < -0.3 is 20.5 Å². The van der Waals surface area contributed by atoms with Crippen LogP contribution in [0.25, 0.3) is 0 Å². The van der Waals surface area contributed by atoms with E-state index in [4.69, 9.17) is 16.3 Å². The number of hydrogen-bond acceptors (Lipinski definition) is 3. The van der Waals surface area contributed by atoms with E-state index in [0.29, 0.717) is 36.9 Å². The van der Waals surface area contributed by atoms with Gasteiger partial charge in [-0.15, -0.1) is 0 Å². The molecule has 2 rings (SSSR count). The van der Waals surface area contributed by atoms with Crippen LogP contribution in [-0.2, 0) is 4.74 Å². The van der Waals surface area contributed by atoms with E-state index in [1.165, 1.54) is 0 Å². The number of anilines is 1. The summed E-state index contributed by atoms with van der Waals surface area (Å²) in [4.78, 5) is 11.7. The van der Waals surface area contributed by atoms with Crippen molar-refractivity contribution < 1.29 is 14.6 Å². The van der Waals surface area contributed by atoms with Gasteiger partial charge in [0.2, 0.25) is 0 Å². The number of amides is 2. The molecule has 116 valence electrons. The van der Waals surface area contributed by atoms with Crippen molar-refractivity contribution in [2.24, 2.45) is 5.92 Å². The second-order valence-corrected chi connectivity index (χ2v) is 5.63. The van der Waals surface area contributed by atoms with Gasteiger partial charge in [0.05, 0.1) is 6.10 Å². The van der Waals surface area contributed by atoms with E-state index in [-0.39, 0.29) is 18.1 Å². The van der Waals surface area contributed by atoms with Gasteiger partial charge in [-0.1, -0.05) is 17.7 Å². The molecule has 1 aromatic carbocycles. The molecule has 0 spiro atoms. The van der Waals surface area contributed by atoms with Crippen molar-refractivity contribution in [2.75, 3.05) is 25.1 Å². The number of rotatable bonds is 5. The molecule has 0 aromatic heterocycles. The molecule has 1 atom stereocenters. The zero-order chi connectivity index (χ0) is 15.1. The minimum atomic E-state index is -0.389. The quantitative estimate of drug-likeness (QED) is 0.783. The summed E-state index contributed by atoms with van der Waals surface area (Å²) >= 11 is 5.85. The number of urea groups is 1. The van der Waals surface area contributed by atoms with E-state index in [1.54, 1.807) is 24.3 Å². The lowest BCUT2D eigenvalue weighted by Crippen LogP contribution is -2.34. The van der Waals surface area contributed by atoms with Crippen LogP contribution in [0.2, 0.25) is 5.02 Å². The van der Waals surface area contributed by atoms with Crippen LogP contribution in [0.5, 0.6) is 0 Å². The summed E-state index contributed by atoms with van der Waals surface area (Å²) in [5.41, 5.74) is 0.643. The summed E-state index contributed by atoms with van der Waals surface area (Å²) < 4.78 is 5.27. The minimum absolute atomic E-state index is 0.275. The Bertz CT molecular complexity index is 464. The summed E-state index contributed by atoms with van der Waals surface area (Å²) in [5, 5.41) is 16.1. The van der Waals surface area contributed by atoms with Crippen LogP contribution in [0.15, 0.2) is 24.3 Å². The molecule has 21 heavy (non-hydrogen) atoms. The van der Waals surface area contributed by atoms with Crippen LogP contribution in [0, 0.1) is 5.92 Å². The largest absolute Gasteiger partial charge is 0.393 e. The number of aliphatic hydroxyl groups excluding tert-OH is 1. The fourth-order valence-corrected chi connectivity index (χ4v) is 2.60. The second-order valence-electron chi connectivity index (χ2n) is 5.20. The van der Waals surface area contributed by atoms with Gasteiger partial charge in [-0.2, -0.15) is 0 Å². The number of carbonyl (C=O) groups excluding carboxylic acids is 1. The van der Waals surface area contributed by atoms with Crippen molar-refractivity contribution >= 4 is 23.3 Å². The van der Waals surface area contributed by atoms with Gasteiger partial charge in [0.25, 0.3) is 0 Å². The van der Waals surface area contributed by atoms with Crippen LogP contribution in [0.1, 0.15) is 19.3 Å². The lowest BCUT2D eigenvalue weighted by atomic mass is 9.92. The summed E-state index contributed by atoms with van der Waals surface area (Å²) in [7, 11) is 0. The Balaban J connectivity index is 1.66. The normalized spacial score (nSPS) is 17.2. The predicted octanol–water partition coefficient (Wildman–Crippen LogP) is 2.64. The van der Waals surface area contributed by atoms with Crippen LogP contribution in [-0.4, -0.2) is 37.0 Å². The molecular formula is C15H21ClN2O3. The third-order valence-corrected chi connectivity index (χ3v) is 3.85. The molecule has 3 N–H and O–H groups in total. The number of aliphatic hydroxyl groups is 1. The Labute approximate surface area is 129 Å². The van der Waals surface area contributed by atoms with Crippen LogP contribution < -0.4 is 10.6 Å². The summed E-state index contributed by atoms with van der Waals surface area (Å²) in [5.74, 6) is 0.275. The molecule has 1 aliphatic heterocycles. The molecule has 0 saturated carbocycles. The first-order chi connectivity index (χ1) is 10.1. The van der Waals surface area contributed by atoms with Gasteiger partial charge in [-0.05, 0) is 43.4 Å². The van der Waals surface area contributed by atoms with E-state index in [9.17, 15) is 9.90 Å². The first-order valence-electron chi connectivity index (χ1n) is 7.21. The molecule has 1 saturated heterocycles. The Kier molecular flexibility index (Phi) is 6.29. The van der Waals surface area contributed by atoms with Gasteiger partial charge in [0.1, 0.15) is 0 Å². The van der Waals surface area contributed by atoms with Gasteiger partial charge in [0.15, 0.2) is 0 Å². The van der Waals surface area contributed by atoms with E-state index in [0.717, 1.165) is 12.8 Å². The molecule has 0 bridgehead atoms. The molecule has 6 heteroatoms. The number of halogens is 1. The zero-order valence-corrected chi connectivity index (χ0v) is 12.6. The second kappa shape index (κ2) is 8.22. The molecule has 1 heterocycles. The Morgan fingerprint density at radius 1 is 1.43 bits per heavy atom. The SMILES string of the molecule is O=C(NCC[C@H](O)C1CCOCC1)Nc1cccc(Cl)c1. The molecule has 1 aliphatic rings. The monoisotopic (exact) mass is 312 g/mol. The number of carbonyl (C=O) groups is 1. The molecular weight excluding hydrogens is 292 g/mol. The molecule has 1 fully saturated rings. The average Bonchev–Trinajstić information content (AvgIpc) is 2.48. The maximum absolute atomic E-state index is 11.7. The van der Waals surface area contributed by atoms with Crippen molar-refractivity contribution in [3.05, 3.63) is 29.3 Å². The summed E-state index contributed by atoms with van der Waals surface area (Å²) in [6.45, 7) is 1.86. The third kappa shape index (κ3) is 5.53. The minimum Gasteiger partial charge on any atom is -0.393 e. The number of ether oxygens (including phenoxy) is 1. The lowest BCUT2D eigenvalue weighted by Gasteiger charge is -2.26. The van der Waals surface area contributed by atoms with Crippen molar-refractivity contribution in [1.82, 2.24) is 5.32 Å². The van der Waals surface area contributed by atoms with Gasteiger partial charge >= 0.3 is 6.03 Å². The predicted molar refractivity (Wildman–Crippen MR) is 82.6 cm³/mol. The summed E-state index contributed by atoms with van der Waals surface area (Å²) in [6, 6.07) is 6.67. The Morgan fingerprint density at radius 2 is 2.19 bits per heavy atom. The maximum atomic E-state index is 11.7. The van der Waals surface area contributed by atoms with Crippen molar-refractivity contribution in [1.29, 1.82) is 0 Å². The highest BCUT2D eigenvalue weighted by Crippen LogP contribution is 2.20. The highest BCUT2D eigenvalue weighted by Gasteiger charge is 2.21. The molecule has 2 amide bonds. The molecule has 1 aromatic rings. The fourth-order valence-electron chi connectivity index (χ4n) is 2.41. The molecule has 5 nitrogen and oxygen atoms in total. The number of nitrogens with one attached hydrogen (secondary N) is 2. The zero-order valence-electron chi connectivity index (χ0n) is 11.8. The molecule has 0 unspecified atom stereocenters. The van der Waals surface area contributed by atoms with E-state index >= 15 is 0 Å². The summed E-state index contributed by atoms with van der Waals surface area (Å²) in [6.07, 6.45) is 1.93. The average molecular weight is 313 g/mol. The number of benzene rings is 1. The third-order valence-electron chi connectivity index (χ3n) is 3.62. The van der Waals surface area contributed by atoms with Crippen molar-refractivity contribution in [3.63, 3.8) is 0 Å². The molecule has 0 radical (unpaired) electrons. The van der Waals surface area contributed by atoms with Crippen LogP contribution >= 0.6 is 11.6 Å². The van der Waals surface area contributed by atoms with Crippen LogP contribution in [0.4, 0.5) is 10.5 Å². The van der Waals surface area contributed by atoms with E-state index < -0.39 is 0 Å². The van der Waals surface area contributed by atoms with Crippen molar-refractivity contribution in [2.45, 2.75) is 25.4 Å². The Hall–Kier alpha value is -1.30. The maximum Gasteiger partial charge on any atom is 0.319 e. The van der Waals surface area contributed by atoms with Gasteiger partial charge in [-0.3, -0.25) is 0 Å². The Morgan fingerprint density at radius 3 is 2.90 bits per heavy atom. The number of hydrogen-bond donors (Lipinski definition) is 3. The first-order valence-corrected chi connectivity index (χ1v) is 7.59. The van der Waals surface area contributed by atoms with E-state index in [2.05, 4.69) is 10.6 Å². The van der Waals surface area contributed by atoms with E-state index in [1.807, 2.05) is 0 Å². The van der Waals surface area contributed by atoms with Gasteiger partial charge in [-0.25, -0.2) is 4.79 Å². The van der Waals surface area contributed by atoms with Gasteiger partial charge in [0, 0.05) is 30.5 Å².